The van der Waals surface area contributed by atoms with Gasteiger partial charge in [0.25, 0.3) is 0 Å². The van der Waals surface area contributed by atoms with Gasteiger partial charge >= 0.3 is 0 Å². The first-order valence-corrected chi connectivity index (χ1v) is 8.96. The van der Waals surface area contributed by atoms with Crippen molar-refractivity contribution in [2.24, 2.45) is 5.92 Å². The number of aryl methyl sites for hydroxylation is 1. The quantitative estimate of drug-likeness (QED) is 0.805. The summed E-state index contributed by atoms with van der Waals surface area (Å²) in [5.74, 6) is 0.459. The minimum atomic E-state index is 0.132. The molecule has 0 aliphatic carbocycles. The number of carbonyl (C=O) groups excluding carboxylic acids is 1. The lowest BCUT2D eigenvalue weighted by atomic mass is 9.93. The summed E-state index contributed by atoms with van der Waals surface area (Å²) in [5, 5.41) is 4.62. The van der Waals surface area contributed by atoms with Gasteiger partial charge < -0.3 is 9.64 Å². The minimum absolute atomic E-state index is 0.132. The van der Waals surface area contributed by atoms with Crippen LogP contribution >= 0.6 is 0 Å². The van der Waals surface area contributed by atoms with Gasteiger partial charge in [-0.25, -0.2) is 9.50 Å². The van der Waals surface area contributed by atoms with Crippen LogP contribution in [0.15, 0.2) is 12.3 Å². The average molecular weight is 326 g/mol. The lowest BCUT2D eigenvalue weighted by Gasteiger charge is -2.38. The molecular weight excluding hydrogens is 304 g/mol. The van der Waals surface area contributed by atoms with E-state index < -0.39 is 0 Å². The predicted octanol–water partition coefficient (Wildman–Crippen LogP) is 2.05. The van der Waals surface area contributed by atoms with Crippen molar-refractivity contribution in [2.45, 2.75) is 51.1 Å². The molecule has 0 N–H and O–H groups in total. The van der Waals surface area contributed by atoms with Crippen molar-refractivity contribution in [3.8, 4) is 0 Å². The molecule has 5 rings (SSSR count). The van der Waals surface area contributed by atoms with Gasteiger partial charge in [0.1, 0.15) is 0 Å². The van der Waals surface area contributed by atoms with E-state index in [1.54, 1.807) is 0 Å². The van der Waals surface area contributed by atoms with E-state index in [-0.39, 0.29) is 12.0 Å². The van der Waals surface area contributed by atoms with Crippen LogP contribution < -0.4 is 0 Å². The molecule has 0 saturated carbocycles. The normalized spacial score (nSPS) is 26.8. The van der Waals surface area contributed by atoms with Crippen LogP contribution in [-0.2, 0) is 16.0 Å². The zero-order chi connectivity index (χ0) is 16.3. The number of rotatable bonds is 1. The van der Waals surface area contributed by atoms with E-state index in [0.717, 1.165) is 43.4 Å². The van der Waals surface area contributed by atoms with Crippen LogP contribution in [0.1, 0.15) is 48.7 Å². The van der Waals surface area contributed by atoms with Crippen molar-refractivity contribution in [3.05, 3.63) is 29.2 Å². The first kappa shape index (κ1) is 14.4. The summed E-state index contributed by atoms with van der Waals surface area (Å²) in [6, 6.07) is 2.50. The van der Waals surface area contributed by atoms with Crippen LogP contribution in [0.2, 0.25) is 0 Å². The van der Waals surface area contributed by atoms with E-state index in [2.05, 4.69) is 15.0 Å². The molecule has 1 amide bonds. The standard InChI is InChI=1S/C18H22N4O2/c1-11-8-17-19-10-14-15-3-2-13(9-16(14)22(17)20-11)21(15)18(23)12-4-6-24-7-5-12/h8,10,12-13,15H,2-7,9H2,1H3. The molecular formula is C18H22N4O2. The van der Waals surface area contributed by atoms with Crippen molar-refractivity contribution in [3.63, 3.8) is 0 Å². The first-order chi connectivity index (χ1) is 11.7. The third kappa shape index (κ3) is 2.02. The van der Waals surface area contributed by atoms with Crippen LogP contribution in [0.25, 0.3) is 5.65 Å². The second kappa shape index (κ2) is 5.28. The van der Waals surface area contributed by atoms with Gasteiger partial charge in [-0.15, -0.1) is 0 Å². The fourth-order valence-electron chi connectivity index (χ4n) is 4.69. The van der Waals surface area contributed by atoms with E-state index in [1.165, 1.54) is 11.3 Å². The predicted molar refractivity (Wildman–Crippen MR) is 87.6 cm³/mol. The fraction of sp³-hybridized carbons (Fsp3) is 0.611. The fourth-order valence-corrected chi connectivity index (χ4v) is 4.69. The highest BCUT2D eigenvalue weighted by atomic mass is 16.5. The van der Waals surface area contributed by atoms with Crippen molar-refractivity contribution >= 4 is 11.6 Å². The summed E-state index contributed by atoms with van der Waals surface area (Å²) in [6.07, 6.45) is 6.70. The van der Waals surface area contributed by atoms with Gasteiger partial charge in [0.05, 0.1) is 17.4 Å². The lowest BCUT2D eigenvalue weighted by molar-refractivity contribution is -0.142. The molecule has 24 heavy (non-hydrogen) atoms. The van der Waals surface area contributed by atoms with E-state index in [9.17, 15) is 4.79 Å². The number of ether oxygens (including phenoxy) is 1. The molecule has 2 unspecified atom stereocenters. The third-order valence-electron chi connectivity index (χ3n) is 5.85. The maximum Gasteiger partial charge on any atom is 0.226 e. The smallest absolute Gasteiger partial charge is 0.226 e. The Balaban J connectivity index is 1.53. The molecule has 2 atom stereocenters. The Labute approximate surface area is 140 Å². The topological polar surface area (TPSA) is 59.7 Å². The SMILES string of the molecule is Cc1cc2ncc3c(n2n1)CC1CCC3N1C(=O)C1CCOCC1. The van der Waals surface area contributed by atoms with Crippen LogP contribution in [0.4, 0.5) is 0 Å². The number of nitrogens with zero attached hydrogens (tertiary/aromatic N) is 4. The molecule has 2 fully saturated rings. The Kier molecular flexibility index (Phi) is 3.16. The summed E-state index contributed by atoms with van der Waals surface area (Å²) >= 11 is 0. The summed E-state index contributed by atoms with van der Waals surface area (Å²) in [4.78, 5) is 19.9. The number of carbonyl (C=O) groups is 1. The second-order valence-corrected chi connectivity index (χ2v) is 7.30. The lowest BCUT2D eigenvalue weighted by Crippen LogP contribution is -2.46. The largest absolute Gasteiger partial charge is 0.381 e. The van der Waals surface area contributed by atoms with Crippen LogP contribution in [0.5, 0.6) is 0 Å². The molecule has 0 spiro atoms. The van der Waals surface area contributed by atoms with Crippen LogP contribution in [0.3, 0.4) is 0 Å². The van der Waals surface area contributed by atoms with Crippen molar-refractivity contribution in [1.29, 1.82) is 0 Å². The molecule has 2 aromatic heterocycles. The van der Waals surface area contributed by atoms with Gasteiger partial charge in [0.15, 0.2) is 5.65 Å². The maximum absolute atomic E-state index is 13.1. The van der Waals surface area contributed by atoms with E-state index in [4.69, 9.17) is 4.74 Å². The molecule has 5 heterocycles. The van der Waals surface area contributed by atoms with Gasteiger partial charge in [0, 0.05) is 49.4 Å². The molecule has 2 bridgehead atoms. The highest BCUT2D eigenvalue weighted by Gasteiger charge is 2.45. The van der Waals surface area contributed by atoms with Gasteiger partial charge in [-0.05, 0) is 32.6 Å². The molecule has 3 aliphatic heterocycles. The van der Waals surface area contributed by atoms with E-state index in [0.29, 0.717) is 25.2 Å². The van der Waals surface area contributed by atoms with Crippen molar-refractivity contribution in [2.75, 3.05) is 13.2 Å². The monoisotopic (exact) mass is 326 g/mol. The van der Waals surface area contributed by atoms with E-state index in [1.807, 2.05) is 23.7 Å². The number of hydrogen-bond acceptors (Lipinski definition) is 4. The minimum Gasteiger partial charge on any atom is -0.381 e. The number of amides is 1. The summed E-state index contributed by atoms with van der Waals surface area (Å²) in [7, 11) is 0. The van der Waals surface area contributed by atoms with Gasteiger partial charge in [0.2, 0.25) is 5.91 Å². The van der Waals surface area contributed by atoms with Crippen LogP contribution in [-0.4, -0.2) is 44.7 Å². The molecule has 3 aliphatic rings. The third-order valence-corrected chi connectivity index (χ3v) is 5.85. The summed E-state index contributed by atoms with van der Waals surface area (Å²) < 4.78 is 7.41. The maximum atomic E-state index is 13.1. The Morgan fingerprint density at radius 3 is 2.92 bits per heavy atom. The number of aromatic nitrogens is 3. The Hall–Kier alpha value is -1.95. The Morgan fingerprint density at radius 1 is 1.25 bits per heavy atom. The molecule has 0 radical (unpaired) electrons. The molecule has 2 aromatic rings. The van der Waals surface area contributed by atoms with Gasteiger partial charge in [-0.2, -0.15) is 5.10 Å². The second-order valence-electron chi connectivity index (χ2n) is 7.30. The summed E-state index contributed by atoms with van der Waals surface area (Å²) in [6.45, 7) is 3.43. The average Bonchev–Trinajstić information content (AvgIpc) is 3.14. The zero-order valence-electron chi connectivity index (χ0n) is 13.9. The van der Waals surface area contributed by atoms with Crippen LogP contribution in [0, 0.1) is 12.8 Å². The van der Waals surface area contributed by atoms with Crippen molar-refractivity contribution < 1.29 is 9.53 Å². The molecule has 6 nitrogen and oxygen atoms in total. The molecule has 0 aromatic carbocycles. The van der Waals surface area contributed by atoms with Gasteiger partial charge in [-0.3, -0.25) is 4.79 Å². The number of hydrogen-bond donors (Lipinski definition) is 0. The summed E-state index contributed by atoms with van der Waals surface area (Å²) in [5.41, 5.74) is 4.34. The Morgan fingerprint density at radius 2 is 2.08 bits per heavy atom. The molecule has 2 saturated heterocycles. The zero-order valence-corrected chi connectivity index (χ0v) is 13.9. The highest BCUT2D eigenvalue weighted by molar-refractivity contribution is 5.80. The van der Waals surface area contributed by atoms with E-state index >= 15 is 0 Å². The Bertz CT molecular complexity index is 809. The first-order valence-electron chi connectivity index (χ1n) is 8.96. The highest BCUT2D eigenvalue weighted by Crippen LogP contribution is 2.44. The number of fused-ring (bicyclic) bond motifs is 6. The molecule has 6 heteroatoms. The van der Waals surface area contributed by atoms with Crippen molar-refractivity contribution in [1.82, 2.24) is 19.5 Å². The molecule has 126 valence electrons. The van der Waals surface area contributed by atoms with Gasteiger partial charge in [-0.1, -0.05) is 0 Å².